The average molecular weight is 292 g/mol. The molecule has 7 nitrogen and oxygen atoms in total. The highest BCUT2D eigenvalue weighted by atomic mass is 16.3. The number of nitrogens with zero attached hydrogens (tertiary/aromatic N) is 3. The lowest BCUT2D eigenvalue weighted by atomic mass is 10.0. The lowest BCUT2D eigenvalue weighted by Crippen LogP contribution is -1.99. The lowest BCUT2D eigenvalue weighted by Gasteiger charge is -2.08. The first-order valence-corrected chi connectivity index (χ1v) is 6.65. The summed E-state index contributed by atoms with van der Waals surface area (Å²) in [6, 6.07) is 7.65. The van der Waals surface area contributed by atoms with Crippen molar-refractivity contribution in [2.75, 3.05) is 11.1 Å². The van der Waals surface area contributed by atoms with Crippen LogP contribution in [0.25, 0.3) is 22.0 Å². The van der Waals surface area contributed by atoms with Crippen LogP contribution >= 0.6 is 0 Å². The van der Waals surface area contributed by atoms with Gasteiger partial charge in [-0.15, -0.1) is 0 Å². The zero-order valence-electron chi connectivity index (χ0n) is 11.4. The Balaban J connectivity index is 1.82. The van der Waals surface area contributed by atoms with Crippen molar-refractivity contribution in [1.29, 1.82) is 0 Å². The van der Waals surface area contributed by atoms with Crippen LogP contribution in [0.5, 0.6) is 0 Å². The van der Waals surface area contributed by atoms with Gasteiger partial charge in [0.15, 0.2) is 0 Å². The zero-order valence-corrected chi connectivity index (χ0v) is 11.4. The largest absolute Gasteiger partial charge is 0.472 e. The Bertz CT molecular complexity index is 928. The number of aromatic amines is 1. The molecular formula is C15H12N6O. The van der Waals surface area contributed by atoms with Crippen molar-refractivity contribution >= 4 is 28.4 Å². The van der Waals surface area contributed by atoms with Crippen molar-refractivity contribution in [3.05, 3.63) is 49.2 Å². The molecule has 0 aliphatic rings. The van der Waals surface area contributed by atoms with E-state index >= 15 is 0 Å². The molecular weight excluding hydrogens is 280 g/mol. The first-order chi connectivity index (χ1) is 10.8. The van der Waals surface area contributed by atoms with Gasteiger partial charge in [-0.2, -0.15) is 10.1 Å². The number of furan rings is 1. The van der Waals surface area contributed by atoms with Gasteiger partial charge in [0.1, 0.15) is 5.82 Å². The van der Waals surface area contributed by atoms with Crippen LogP contribution in [0, 0.1) is 0 Å². The minimum absolute atomic E-state index is 0.226. The second kappa shape index (κ2) is 4.88. The summed E-state index contributed by atoms with van der Waals surface area (Å²) in [7, 11) is 0. The summed E-state index contributed by atoms with van der Waals surface area (Å²) in [6.45, 7) is 0. The minimum Gasteiger partial charge on any atom is -0.472 e. The van der Waals surface area contributed by atoms with Crippen LogP contribution in [-0.2, 0) is 0 Å². The van der Waals surface area contributed by atoms with Crippen molar-refractivity contribution in [1.82, 2.24) is 20.2 Å². The van der Waals surface area contributed by atoms with Crippen molar-refractivity contribution in [2.24, 2.45) is 0 Å². The number of anilines is 3. The van der Waals surface area contributed by atoms with E-state index in [9.17, 15) is 0 Å². The first-order valence-electron chi connectivity index (χ1n) is 6.65. The number of nitrogens with two attached hydrogens (primary N) is 1. The Morgan fingerprint density at radius 2 is 2.18 bits per heavy atom. The van der Waals surface area contributed by atoms with Crippen molar-refractivity contribution in [2.45, 2.75) is 0 Å². The topological polar surface area (TPSA) is 106 Å². The van der Waals surface area contributed by atoms with Crippen LogP contribution in [0.1, 0.15) is 0 Å². The zero-order chi connectivity index (χ0) is 14.9. The van der Waals surface area contributed by atoms with Crippen molar-refractivity contribution < 1.29 is 4.42 Å². The molecule has 3 heterocycles. The van der Waals surface area contributed by atoms with Gasteiger partial charge in [-0.25, -0.2) is 4.98 Å². The van der Waals surface area contributed by atoms with Crippen LogP contribution in [-0.4, -0.2) is 20.2 Å². The number of nitrogen functional groups attached to an aromatic ring is 1. The fourth-order valence-corrected chi connectivity index (χ4v) is 2.37. The Morgan fingerprint density at radius 1 is 1.23 bits per heavy atom. The number of nitrogens with one attached hydrogen (secondary N) is 2. The number of H-pyrrole nitrogens is 1. The molecule has 0 saturated heterocycles. The molecule has 0 amide bonds. The van der Waals surface area contributed by atoms with E-state index in [-0.39, 0.29) is 5.95 Å². The van der Waals surface area contributed by atoms with Crippen LogP contribution in [0.2, 0.25) is 0 Å². The molecule has 1 aromatic carbocycles. The van der Waals surface area contributed by atoms with E-state index in [1.807, 2.05) is 18.2 Å². The molecule has 22 heavy (non-hydrogen) atoms. The fourth-order valence-electron chi connectivity index (χ4n) is 2.37. The number of hydrogen-bond acceptors (Lipinski definition) is 6. The molecule has 0 saturated carbocycles. The molecule has 0 aliphatic heterocycles. The predicted molar refractivity (Wildman–Crippen MR) is 83.5 cm³/mol. The number of benzene rings is 1. The molecule has 7 heteroatoms. The fraction of sp³-hybridized carbons (Fsp3) is 0. The molecule has 0 aliphatic carbocycles. The molecule has 4 rings (SSSR count). The lowest BCUT2D eigenvalue weighted by molar-refractivity contribution is 0.568. The highest BCUT2D eigenvalue weighted by Gasteiger charge is 2.10. The number of aromatic nitrogens is 4. The minimum atomic E-state index is 0.226. The summed E-state index contributed by atoms with van der Waals surface area (Å²) >= 11 is 0. The van der Waals surface area contributed by atoms with E-state index < -0.39 is 0 Å². The summed E-state index contributed by atoms with van der Waals surface area (Å²) in [4.78, 5) is 8.02. The monoisotopic (exact) mass is 292 g/mol. The quantitative estimate of drug-likeness (QED) is 0.536. The third kappa shape index (κ3) is 2.14. The average Bonchev–Trinajstić information content (AvgIpc) is 3.18. The van der Waals surface area contributed by atoms with E-state index in [4.69, 9.17) is 10.2 Å². The van der Waals surface area contributed by atoms with E-state index in [1.165, 1.54) is 0 Å². The van der Waals surface area contributed by atoms with Crippen LogP contribution in [0.15, 0.2) is 53.6 Å². The molecule has 4 aromatic rings. The number of rotatable bonds is 3. The summed E-state index contributed by atoms with van der Waals surface area (Å²) in [6.07, 6.45) is 6.72. The van der Waals surface area contributed by atoms with Gasteiger partial charge in [-0.05, 0) is 24.3 Å². The van der Waals surface area contributed by atoms with Crippen LogP contribution < -0.4 is 11.1 Å². The maximum absolute atomic E-state index is 5.60. The molecule has 0 atom stereocenters. The third-order valence-electron chi connectivity index (χ3n) is 3.33. The smallest absolute Gasteiger partial charge is 0.221 e. The predicted octanol–water partition coefficient (Wildman–Crippen LogP) is 2.94. The van der Waals surface area contributed by atoms with E-state index in [2.05, 4.69) is 25.5 Å². The van der Waals surface area contributed by atoms with Gasteiger partial charge in [-0.1, -0.05) is 0 Å². The molecule has 4 N–H and O–H groups in total. The van der Waals surface area contributed by atoms with Crippen LogP contribution in [0.3, 0.4) is 0 Å². The van der Waals surface area contributed by atoms with Crippen molar-refractivity contribution in [3.63, 3.8) is 0 Å². The second-order valence-electron chi connectivity index (χ2n) is 4.80. The Hall–Kier alpha value is -3.35. The number of fused-ring (bicyclic) bond motifs is 1. The highest BCUT2D eigenvalue weighted by Crippen LogP contribution is 2.32. The summed E-state index contributed by atoms with van der Waals surface area (Å²) < 4.78 is 5.18. The highest BCUT2D eigenvalue weighted by molar-refractivity contribution is 5.96. The van der Waals surface area contributed by atoms with Gasteiger partial charge < -0.3 is 15.5 Å². The van der Waals surface area contributed by atoms with Crippen molar-refractivity contribution in [3.8, 4) is 11.1 Å². The summed E-state index contributed by atoms with van der Waals surface area (Å²) in [5, 5.41) is 11.3. The van der Waals surface area contributed by atoms with E-state index in [0.29, 0.717) is 5.82 Å². The number of hydrogen-bond donors (Lipinski definition) is 3. The van der Waals surface area contributed by atoms with Gasteiger partial charge in [0.25, 0.3) is 0 Å². The molecule has 3 aromatic heterocycles. The third-order valence-corrected chi connectivity index (χ3v) is 3.33. The molecule has 0 spiro atoms. The second-order valence-corrected chi connectivity index (χ2v) is 4.80. The Morgan fingerprint density at radius 3 is 3.00 bits per heavy atom. The van der Waals surface area contributed by atoms with Crippen LogP contribution in [0.4, 0.5) is 17.5 Å². The van der Waals surface area contributed by atoms with Gasteiger partial charge in [0, 0.05) is 28.4 Å². The summed E-state index contributed by atoms with van der Waals surface area (Å²) in [5.41, 5.74) is 9.40. The Kier molecular flexibility index (Phi) is 2.75. The van der Waals surface area contributed by atoms with Gasteiger partial charge in [0.05, 0.1) is 24.2 Å². The normalized spacial score (nSPS) is 10.9. The Labute approximate surface area is 125 Å². The molecule has 0 fully saturated rings. The SMILES string of the molecule is Nc1nccc(Nc2cc(-c3ccoc3)c3[nH]ncc3c2)n1. The molecule has 0 bridgehead atoms. The molecule has 0 unspecified atom stereocenters. The first kappa shape index (κ1) is 12.4. The van der Waals surface area contributed by atoms with Gasteiger partial charge >= 0.3 is 0 Å². The van der Waals surface area contributed by atoms with Gasteiger partial charge in [-0.3, -0.25) is 5.10 Å². The van der Waals surface area contributed by atoms with E-state index in [1.54, 1.807) is 31.0 Å². The van der Waals surface area contributed by atoms with Gasteiger partial charge in [0.2, 0.25) is 5.95 Å². The molecule has 0 radical (unpaired) electrons. The summed E-state index contributed by atoms with van der Waals surface area (Å²) in [5.74, 6) is 0.859. The maximum atomic E-state index is 5.60. The van der Waals surface area contributed by atoms with E-state index in [0.717, 1.165) is 27.7 Å². The standard InChI is InChI=1S/C15H12N6O/c16-15-17-3-1-13(20-15)19-11-5-10-7-18-21-14(10)12(6-11)9-2-4-22-8-9/h1-8H,(H,18,21)(H3,16,17,19,20). The molecule has 108 valence electrons. The maximum Gasteiger partial charge on any atom is 0.221 e.